The van der Waals surface area contributed by atoms with Crippen molar-refractivity contribution in [1.82, 2.24) is 0 Å². The molecular formula is C24H21NO4. The molecule has 0 fully saturated rings. The highest BCUT2D eigenvalue weighted by molar-refractivity contribution is 6.28. The van der Waals surface area contributed by atoms with Gasteiger partial charge in [-0.1, -0.05) is 25.5 Å². The lowest BCUT2D eigenvalue weighted by molar-refractivity contribution is 0.0979. The molecule has 0 spiro atoms. The van der Waals surface area contributed by atoms with Gasteiger partial charge in [0.15, 0.2) is 17.3 Å². The monoisotopic (exact) mass is 387 g/mol. The number of benzene rings is 3. The molecule has 5 heteroatoms. The number of aromatic hydroxyl groups is 1. The van der Waals surface area contributed by atoms with Gasteiger partial charge in [0.05, 0.1) is 5.69 Å². The molecule has 0 atom stereocenters. The molecule has 0 aromatic heterocycles. The molecule has 2 N–H and O–H groups in total. The number of nitrogens with one attached hydrogen (secondary N) is 1. The number of rotatable bonds is 6. The fourth-order valence-corrected chi connectivity index (χ4v) is 3.42. The van der Waals surface area contributed by atoms with Crippen molar-refractivity contribution in [2.24, 2.45) is 0 Å². The fraction of sp³-hybridized carbons (Fsp3) is 0.167. The Morgan fingerprint density at radius 3 is 2.21 bits per heavy atom. The zero-order chi connectivity index (χ0) is 20.4. The van der Waals surface area contributed by atoms with Crippen molar-refractivity contribution in [2.75, 3.05) is 5.48 Å². The average molecular weight is 387 g/mol. The molecule has 0 saturated carbocycles. The summed E-state index contributed by atoms with van der Waals surface area (Å²) in [5.41, 5.74) is 5.81. The molecule has 4 rings (SSSR count). The predicted octanol–water partition coefficient (Wildman–Crippen LogP) is 4.92. The zero-order valence-corrected chi connectivity index (χ0v) is 16.1. The van der Waals surface area contributed by atoms with Crippen LogP contribution in [0.1, 0.15) is 57.2 Å². The molecule has 0 saturated heterocycles. The molecule has 146 valence electrons. The molecule has 0 heterocycles. The van der Waals surface area contributed by atoms with Gasteiger partial charge in [0.1, 0.15) is 5.75 Å². The van der Waals surface area contributed by atoms with Crippen LogP contribution >= 0.6 is 0 Å². The van der Waals surface area contributed by atoms with Crippen LogP contribution in [-0.2, 0) is 6.42 Å². The second kappa shape index (κ2) is 7.80. The van der Waals surface area contributed by atoms with Gasteiger partial charge in [0.25, 0.3) is 0 Å². The smallest absolute Gasteiger partial charge is 0.194 e. The standard InChI is InChI=1S/C24H21NO4/c1-2-3-4-15-5-9-18(10-6-15)29-25-16-7-11-19-21(13-16)24(28)22-14-17(26)8-12-20(22)23(19)27/h5-14,25-26H,2-4H2,1H3. The van der Waals surface area contributed by atoms with Crippen LogP contribution in [0.2, 0.25) is 0 Å². The van der Waals surface area contributed by atoms with Gasteiger partial charge < -0.3 is 9.94 Å². The minimum absolute atomic E-state index is 0.0478. The number of carbonyl (C=O) groups is 2. The number of hydrogen-bond donors (Lipinski definition) is 2. The van der Waals surface area contributed by atoms with Crippen LogP contribution in [0.3, 0.4) is 0 Å². The number of phenolic OH excluding ortho intramolecular Hbond substituents is 1. The molecule has 3 aromatic carbocycles. The van der Waals surface area contributed by atoms with E-state index in [1.807, 2.05) is 24.3 Å². The summed E-state index contributed by atoms with van der Waals surface area (Å²) in [6.45, 7) is 2.17. The third-order valence-electron chi connectivity index (χ3n) is 5.03. The first kappa shape index (κ1) is 18.7. The van der Waals surface area contributed by atoms with Crippen molar-refractivity contribution in [3.05, 3.63) is 88.5 Å². The molecular weight excluding hydrogens is 366 g/mol. The van der Waals surface area contributed by atoms with E-state index in [0.717, 1.165) is 19.3 Å². The Balaban J connectivity index is 1.52. The van der Waals surface area contributed by atoms with Crippen molar-refractivity contribution < 1.29 is 19.5 Å². The Morgan fingerprint density at radius 2 is 1.48 bits per heavy atom. The largest absolute Gasteiger partial charge is 0.508 e. The van der Waals surface area contributed by atoms with E-state index < -0.39 is 0 Å². The minimum Gasteiger partial charge on any atom is -0.508 e. The van der Waals surface area contributed by atoms with Crippen LogP contribution in [0.4, 0.5) is 5.69 Å². The second-order valence-corrected chi connectivity index (χ2v) is 7.10. The molecule has 0 unspecified atom stereocenters. The van der Waals surface area contributed by atoms with Crippen LogP contribution in [0.15, 0.2) is 60.7 Å². The van der Waals surface area contributed by atoms with Crippen LogP contribution in [0.5, 0.6) is 11.5 Å². The maximum atomic E-state index is 12.8. The lowest BCUT2D eigenvalue weighted by Gasteiger charge is -2.18. The van der Waals surface area contributed by atoms with Crippen molar-refractivity contribution in [3.63, 3.8) is 0 Å². The number of aryl methyl sites for hydroxylation is 1. The van der Waals surface area contributed by atoms with Gasteiger partial charge in [-0.2, -0.15) is 0 Å². The molecule has 0 radical (unpaired) electrons. The summed E-state index contributed by atoms with van der Waals surface area (Å²) in [5, 5.41) is 9.68. The number of unbranched alkanes of at least 4 members (excludes halogenated alkanes) is 1. The first-order valence-corrected chi connectivity index (χ1v) is 9.65. The number of hydrogen-bond acceptors (Lipinski definition) is 5. The van der Waals surface area contributed by atoms with E-state index in [0.29, 0.717) is 22.6 Å². The fourth-order valence-electron chi connectivity index (χ4n) is 3.42. The van der Waals surface area contributed by atoms with Crippen LogP contribution in [-0.4, -0.2) is 16.7 Å². The van der Waals surface area contributed by atoms with Crippen molar-refractivity contribution in [2.45, 2.75) is 26.2 Å². The molecule has 1 aliphatic carbocycles. The van der Waals surface area contributed by atoms with E-state index in [4.69, 9.17) is 4.84 Å². The van der Waals surface area contributed by atoms with Crippen LogP contribution in [0.25, 0.3) is 0 Å². The highest BCUT2D eigenvalue weighted by Gasteiger charge is 2.30. The molecule has 0 aliphatic heterocycles. The lowest BCUT2D eigenvalue weighted by atomic mass is 9.84. The first-order valence-electron chi connectivity index (χ1n) is 9.65. The first-order chi connectivity index (χ1) is 14.1. The third kappa shape index (κ3) is 3.72. The van der Waals surface area contributed by atoms with Crippen LogP contribution in [0, 0.1) is 0 Å². The summed E-state index contributed by atoms with van der Waals surface area (Å²) in [7, 11) is 0. The third-order valence-corrected chi connectivity index (χ3v) is 5.03. The Labute approximate surface area is 168 Å². The molecule has 29 heavy (non-hydrogen) atoms. The van der Waals surface area contributed by atoms with Gasteiger partial charge in [-0.3, -0.25) is 9.59 Å². The van der Waals surface area contributed by atoms with Gasteiger partial charge in [-0.15, -0.1) is 0 Å². The van der Waals surface area contributed by atoms with Crippen molar-refractivity contribution in [1.29, 1.82) is 0 Å². The van der Waals surface area contributed by atoms with E-state index >= 15 is 0 Å². The molecule has 3 aromatic rings. The number of ketones is 2. The van der Waals surface area contributed by atoms with E-state index in [9.17, 15) is 14.7 Å². The van der Waals surface area contributed by atoms with Gasteiger partial charge in [-0.05, 0) is 66.9 Å². The van der Waals surface area contributed by atoms with E-state index in [2.05, 4.69) is 12.4 Å². The van der Waals surface area contributed by atoms with Gasteiger partial charge in [-0.25, -0.2) is 5.48 Å². The summed E-state index contributed by atoms with van der Waals surface area (Å²) in [6, 6.07) is 17.0. The normalized spacial score (nSPS) is 12.3. The Kier molecular flexibility index (Phi) is 5.04. The summed E-state index contributed by atoms with van der Waals surface area (Å²) in [5.74, 6) is 0.0770. The summed E-state index contributed by atoms with van der Waals surface area (Å²) in [4.78, 5) is 31.1. The van der Waals surface area contributed by atoms with Gasteiger partial charge in [0.2, 0.25) is 0 Å². The summed E-state index contributed by atoms with van der Waals surface area (Å²) >= 11 is 0. The molecule has 5 nitrogen and oxygen atoms in total. The predicted molar refractivity (Wildman–Crippen MR) is 111 cm³/mol. The second-order valence-electron chi connectivity index (χ2n) is 7.10. The van der Waals surface area contributed by atoms with Crippen LogP contribution < -0.4 is 10.3 Å². The van der Waals surface area contributed by atoms with E-state index in [1.165, 1.54) is 23.8 Å². The summed E-state index contributed by atoms with van der Waals surface area (Å²) < 4.78 is 0. The molecule has 0 amide bonds. The maximum absolute atomic E-state index is 12.8. The summed E-state index contributed by atoms with van der Waals surface area (Å²) in [6.07, 6.45) is 3.35. The number of carbonyl (C=O) groups excluding carboxylic acids is 2. The Hall–Kier alpha value is -3.60. The maximum Gasteiger partial charge on any atom is 0.194 e. The zero-order valence-electron chi connectivity index (χ0n) is 16.1. The van der Waals surface area contributed by atoms with E-state index in [-0.39, 0.29) is 28.4 Å². The Morgan fingerprint density at radius 1 is 0.828 bits per heavy atom. The van der Waals surface area contributed by atoms with E-state index in [1.54, 1.807) is 18.2 Å². The molecule has 1 aliphatic rings. The lowest BCUT2D eigenvalue weighted by Crippen LogP contribution is -2.21. The van der Waals surface area contributed by atoms with Gasteiger partial charge >= 0.3 is 0 Å². The highest BCUT2D eigenvalue weighted by atomic mass is 16.6. The number of phenols is 1. The minimum atomic E-state index is -0.297. The number of anilines is 1. The Bertz CT molecular complexity index is 1090. The quantitative estimate of drug-likeness (QED) is 0.460. The van der Waals surface area contributed by atoms with Crippen molar-refractivity contribution in [3.8, 4) is 11.5 Å². The number of fused-ring (bicyclic) bond motifs is 2. The SMILES string of the molecule is CCCCc1ccc(ONc2ccc3c(c2)C(=O)c2cc(O)ccc2C3=O)cc1. The highest BCUT2D eigenvalue weighted by Crippen LogP contribution is 2.31. The molecule has 0 bridgehead atoms. The van der Waals surface area contributed by atoms with Gasteiger partial charge in [0, 0.05) is 22.3 Å². The topological polar surface area (TPSA) is 75.6 Å². The average Bonchev–Trinajstić information content (AvgIpc) is 2.75. The van der Waals surface area contributed by atoms with Crippen molar-refractivity contribution >= 4 is 17.3 Å².